The fourth-order valence-corrected chi connectivity index (χ4v) is 2.27. The Bertz CT molecular complexity index is 704. The number of rotatable bonds is 4. The first-order chi connectivity index (χ1) is 10.2. The van der Waals surface area contributed by atoms with Crippen LogP contribution in [0.15, 0.2) is 61.1 Å². The van der Waals surface area contributed by atoms with Crippen LogP contribution in [0.1, 0.15) is 17.2 Å². The van der Waals surface area contributed by atoms with E-state index in [1.165, 1.54) is 5.56 Å². The molecular formula is C17H17N3O. The average Bonchev–Trinajstić information content (AvgIpc) is 2.97. The number of pyridine rings is 1. The molecular weight excluding hydrogens is 262 g/mol. The summed E-state index contributed by atoms with van der Waals surface area (Å²) >= 11 is 0. The zero-order valence-electron chi connectivity index (χ0n) is 11.8. The Kier molecular flexibility index (Phi) is 3.79. The van der Waals surface area contributed by atoms with Gasteiger partial charge in [-0.05, 0) is 24.6 Å². The minimum absolute atomic E-state index is 0.453. The largest absolute Gasteiger partial charge is 0.387 e. The van der Waals surface area contributed by atoms with Crippen molar-refractivity contribution in [1.29, 1.82) is 0 Å². The SMILES string of the molecule is Cc1ccc(C(O)Cn2ccnc2-c2ccccn2)cc1. The van der Waals surface area contributed by atoms with Crippen LogP contribution in [0, 0.1) is 6.92 Å². The quantitative estimate of drug-likeness (QED) is 0.798. The van der Waals surface area contributed by atoms with Crippen LogP contribution >= 0.6 is 0 Å². The van der Waals surface area contributed by atoms with Gasteiger partial charge in [0.1, 0.15) is 5.69 Å². The third-order valence-corrected chi connectivity index (χ3v) is 3.44. The van der Waals surface area contributed by atoms with Gasteiger partial charge in [0.25, 0.3) is 0 Å². The molecule has 0 amide bonds. The molecule has 106 valence electrons. The van der Waals surface area contributed by atoms with Crippen molar-refractivity contribution in [2.24, 2.45) is 0 Å². The maximum Gasteiger partial charge on any atom is 0.158 e. The van der Waals surface area contributed by atoms with E-state index in [9.17, 15) is 5.11 Å². The van der Waals surface area contributed by atoms with Gasteiger partial charge in [0.15, 0.2) is 5.82 Å². The molecule has 4 nitrogen and oxygen atoms in total. The Morgan fingerprint density at radius 1 is 1.05 bits per heavy atom. The van der Waals surface area contributed by atoms with Crippen molar-refractivity contribution >= 4 is 0 Å². The van der Waals surface area contributed by atoms with Crippen LogP contribution in [-0.2, 0) is 6.54 Å². The van der Waals surface area contributed by atoms with E-state index in [2.05, 4.69) is 9.97 Å². The third kappa shape index (κ3) is 3.01. The topological polar surface area (TPSA) is 50.9 Å². The van der Waals surface area contributed by atoms with Crippen LogP contribution in [0.3, 0.4) is 0 Å². The Morgan fingerprint density at radius 3 is 2.57 bits per heavy atom. The first-order valence-corrected chi connectivity index (χ1v) is 6.91. The zero-order valence-corrected chi connectivity index (χ0v) is 11.8. The smallest absolute Gasteiger partial charge is 0.158 e. The van der Waals surface area contributed by atoms with Crippen LogP contribution in [0.4, 0.5) is 0 Å². The Hall–Kier alpha value is -2.46. The molecule has 0 saturated carbocycles. The first-order valence-electron chi connectivity index (χ1n) is 6.91. The highest BCUT2D eigenvalue weighted by molar-refractivity contribution is 5.49. The van der Waals surface area contributed by atoms with Gasteiger partial charge in [-0.25, -0.2) is 4.98 Å². The number of aryl methyl sites for hydroxylation is 1. The molecule has 0 radical (unpaired) electrons. The van der Waals surface area contributed by atoms with Gasteiger partial charge in [0.2, 0.25) is 0 Å². The second-order valence-electron chi connectivity index (χ2n) is 5.04. The van der Waals surface area contributed by atoms with E-state index in [0.717, 1.165) is 17.1 Å². The maximum atomic E-state index is 10.4. The second kappa shape index (κ2) is 5.89. The van der Waals surface area contributed by atoms with E-state index >= 15 is 0 Å². The summed E-state index contributed by atoms with van der Waals surface area (Å²) in [5.41, 5.74) is 2.89. The van der Waals surface area contributed by atoms with Gasteiger partial charge in [-0.3, -0.25) is 4.98 Å². The van der Waals surface area contributed by atoms with Crippen molar-refractivity contribution in [2.45, 2.75) is 19.6 Å². The van der Waals surface area contributed by atoms with Crippen LogP contribution in [-0.4, -0.2) is 19.6 Å². The summed E-state index contributed by atoms with van der Waals surface area (Å²) in [7, 11) is 0. The normalized spacial score (nSPS) is 12.3. The lowest BCUT2D eigenvalue weighted by molar-refractivity contribution is 0.157. The molecule has 3 aromatic rings. The number of benzene rings is 1. The van der Waals surface area contributed by atoms with E-state index in [-0.39, 0.29) is 0 Å². The highest BCUT2D eigenvalue weighted by Gasteiger charge is 2.12. The molecule has 0 aliphatic heterocycles. The fourth-order valence-electron chi connectivity index (χ4n) is 2.27. The van der Waals surface area contributed by atoms with E-state index in [1.807, 2.05) is 60.2 Å². The molecule has 1 N–H and O–H groups in total. The Balaban J connectivity index is 1.83. The van der Waals surface area contributed by atoms with Crippen molar-refractivity contribution in [3.8, 4) is 11.5 Å². The summed E-state index contributed by atoms with van der Waals surface area (Å²) in [6, 6.07) is 13.6. The number of aliphatic hydroxyl groups excluding tert-OH is 1. The Labute approximate surface area is 123 Å². The summed E-state index contributed by atoms with van der Waals surface area (Å²) in [5, 5.41) is 10.4. The van der Waals surface area contributed by atoms with Gasteiger partial charge < -0.3 is 9.67 Å². The zero-order chi connectivity index (χ0) is 14.7. The van der Waals surface area contributed by atoms with Crippen molar-refractivity contribution < 1.29 is 5.11 Å². The number of imidazole rings is 1. The van der Waals surface area contributed by atoms with E-state index in [4.69, 9.17) is 0 Å². The summed E-state index contributed by atoms with van der Waals surface area (Å²) in [5.74, 6) is 0.766. The van der Waals surface area contributed by atoms with Crippen LogP contribution < -0.4 is 0 Å². The predicted molar refractivity (Wildman–Crippen MR) is 81.6 cm³/mol. The minimum atomic E-state index is -0.567. The van der Waals surface area contributed by atoms with Gasteiger partial charge in [0.05, 0.1) is 12.6 Å². The van der Waals surface area contributed by atoms with Crippen LogP contribution in [0.5, 0.6) is 0 Å². The van der Waals surface area contributed by atoms with E-state index in [1.54, 1.807) is 12.4 Å². The fraction of sp³-hybridized carbons (Fsp3) is 0.176. The van der Waals surface area contributed by atoms with Crippen molar-refractivity contribution in [2.75, 3.05) is 0 Å². The number of hydrogen-bond donors (Lipinski definition) is 1. The third-order valence-electron chi connectivity index (χ3n) is 3.44. The van der Waals surface area contributed by atoms with Crippen LogP contribution in [0.25, 0.3) is 11.5 Å². The summed E-state index contributed by atoms with van der Waals surface area (Å²) in [4.78, 5) is 8.65. The van der Waals surface area contributed by atoms with E-state index in [0.29, 0.717) is 6.54 Å². The molecule has 1 aromatic carbocycles. The molecule has 21 heavy (non-hydrogen) atoms. The predicted octanol–water partition coefficient (Wildman–Crippen LogP) is 2.99. The summed E-state index contributed by atoms with van der Waals surface area (Å²) in [6.07, 6.45) is 4.76. The molecule has 0 saturated heterocycles. The molecule has 3 rings (SSSR count). The second-order valence-corrected chi connectivity index (χ2v) is 5.04. The maximum absolute atomic E-state index is 10.4. The lowest BCUT2D eigenvalue weighted by Gasteiger charge is -2.14. The molecule has 0 aliphatic carbocycles. The minimum Gasteiger partial charge on any atom is -0.387 e. The van der Waals surface area contributed by atoms with Crippen LogP contribution in [0.2, 0.25) is 0 Å². The van der Waals surface area contributed by atoms with Gasteiger partial charge >= 0.3 is 0 Å². The highest BCUT2D eigenvalue weighted by atomic mass is 16.3. The molecule has 0 bridgehead atoms. The lowest BCUT2D eigenvalue weighted by atomic mass is 10.1. The lowest BCUT2D eigenvalue weighted by Crippen LogP contribution is -2.09. The molecule has 1 unspecified atom stereocenters. The van der Waals surface area contributed by atoms with Gasteiger partial charge in [-0.1, -0.05) is 35.9 Å². The molecule has 0 fully saturated rings. The number of nitrogens with zero attached hydrogens (tertiary/aromatic N) is 3. The van der Waals surface area contributed by atoms with Crippen molar-refractivity contribution in [1.82, 2.24) is 14.5 Å². The number of aromatic nitrogens is 3. The first kappa shape index (κ1) is 13.5. The van der Waals surface area contributed by atoms with Crippen molar-refractivity contribution in [3.63, 3.8) is 0 Å². The summed E-state index contributed by atoms with van der Waals surface area (Å²) < 4.78 is 1.92. The van der Waals surface area contributed by atoms with E-state index < -0.39 is 6.10 Å². The van der Waals surface area contributed by atoms with Gasteiger partial charge in [-0.2, -0.15) is 0 Å². The standard InChI is InChI=1S/C17H17N3O/c1-13-5-7-14(8-6-13)16(21)12-20-11-10-19-17(20)15-4-2-3-9-18-15/h2-11,16,21H,12H2,1H3. The van der Waals surface area contributed by atoms with Gasteiger partial charge in [-0.15, -0.1) is 0 Å². The number of hydrogen-bond acceptors (Lipinski definition) is 3. The van der Waals surface area contributed by atoms with Crippen molar-refractivity contribution in [3.05, 3.63) is 72.2 Å². The molecule has 0 aliphatic rings. The molecule has 2 aromatic heterocycles. The monoisotopic (exact) mass is 279 g/mol. The molecule has 1 atom stereocenters. The average molecular weight is 279 g/mol. The molecule has 2 heterocycles. The Morgan fingerprint density at radius 2 is 1.86 bits per heavy atom. The summed E-state index contributed by atoms with van der Waals surface area (Å²) in [6.45, 7) is 2.49. The van der Waals surface area contributed by atoms with Gasteiger partial charge in [0, 0.05) is 18.6 Å². The molecule has 0 spiro atoms. The highest BCUT2D eigenvalue weighted by Crippen LogP contribution is 2.20. The number of aliphatic hydroxyl groups is 1. The molecule has 4 heteroatoms.